The average molecular weight is 401 g/mol. The van der Waals surface area contributed by atoms with Crippen LogP contribution in [0.25, 0.3) is 0 Å². The van der Waals surface area contributed by atoms with Gasteiger partial charge in [0.1, 0.15) is 11.6 Å². The van der Waals surface area contributed by atoms with E-state index in [0.29, 0.717) is 6.61 Å². The molecule has 0 aliphatic heterocycles. The minimum absolute atomic E-state index is 0.0462. The zero-order valence-electron chi connectivity index (χ0n) is 18.4. The third-order valence-electron chi connectivity index (χ3n) is 5.00. The van der Waals surface area contributed by atoms with Crippen molar-refractivity contribution in [2.45, 2.75) is 90.9 Å². The molecule has 0 spiro atoms. The first-order valence-electron chi connectivity index (χ1n) is 11.1. The van der Waals surface area contributed by atoms with Crippen molar-refractivity contribution in [3.05, 3.63) is 0 Å². The minimum Gasteiger partial charge on any atom is -0.367 e. The molecule has 0 fully saturated rings. The molecule has 0 aliphatic carbocycles. The Morgan fingerprint density at radius 2 is 1.15 bits per heavy atom. The topological polar surface area (TPSA) is 32.8 Å². The molecule has 0 saturated carbocycles. The highest BCUT2D eigenvalue weighted by Gasteiger charge is 2.10. The number of rotatable bonds is 18. The molecule has 27 heavy (non-hydrogen) atoms. The van der Waals surface area contributed by atoms with Crippen LogP contribution in [-0.4, -0.2) is 61.1 Å². The summed E-state index contributed by atoms with van der Waals surface area (Å²) in [5.74, 6) is 0.0462. The number of hydrogen-bond donors (Lipinski definition) is 0. The predicted octanol–water partition coefficient (Wildman–Crippen LogP) is 5.44. The molecule has 0 N–H and O–H groups in total. The number of unbranched alkanes of at least 4 members (excludes halogenated alkanes) is 10. The van der Waals surface area contributed by atoms with E-state index in [1.54, 1.807) is 4.90 Å². The molecule has 0 radical (unpaired) electrons. The Balaban J connectivity index is 3.68. The molecule has 0 aliphatic rings. The molecule has 0 aromatic carbocycles. The second kappa shape index (κ2) is 18.7. The molecule has 0 aromatic heterocycles. The van der Waals surface area contributed by atoms with Crippen LogP contribution in [0, 0.1) is 0 Å². The summed E-state index contributed by atoms with van der Waals surface area (Å²) in [6.45, 7) is 6.74. The normalized spacial score (nSPS) is 10.8. The van der Waals surface area contributed by atoms with Crippen molar-refractivity contribution in [1.29, 1.82) is 0 Å². The van der Waals surface area contributed by atoms with E-state index < -0.39 is 0 Å². The van der Waals surface area contributed by atoms with E-state index in [2.05, 4.69) is 18.7 Å². The van der Waals surface area contributed by atoms with Gasteiger partial charge in [-0.05, 0) is 12.8 Å². The first kappa shape index (κ1) is 26.3. The monoisotopic (exact) mass is 400 g/mol. The molecule has 0 bridgehead atoms. The van der Waals surface area contributed by atoms with Crippen LogP contribution in [0.15, 0.2) is 0 Å². The number of thiocarbonyl (C=S) groups is 1. The standard InChI is InChI=1S/C22H44N2O2S/c1-5-7-9-11-13-15-17-23(3)21(25)19-26-20-22(27)24(4)18-16-14-12-10-8-6-2/h5-20H2,1-4H3. The van der Waals surface area contributed by atoms with E-state index >= 15 is 0 Å². The highest BCUT2D eigenvalue weighted by Crippen LogP contribution is 2.07. The maximum atomic E-state index is 12.1. The van der Waals surface area contributed by atoms with Gasteiger partial charge >= 0.3 is 0 Å². The van der Waals surface area contributed by atoms with Crippen LogP contribution in [0.3, 0.4) is 0 Å². The van der Waals surface area contributed by atoms with E-state index in [1.807, 2.05) is 14.1 Å². The fourth-order valence-corrected chi connectivity index (χ4v) is 3.13. The van der Waals surface area contributed by atoms with Crippen LogP contribution >= 0.6 is 12.2 Å². The molecule has 0 saturated heterocycles. The smallest absolute Gasteiger partial charge is 0.248 e. The van der Waals surface area contributed by atoms with Crippen LogP contribution in [-0.2, 0) is 9.53 Å². The molecular formula is C22H44N2O2S. The molecule has 4 nitrogen and oxygen atoms in total. The number of likely N-dealkylation sites (N-methyl/N-ethyl adjacent to an activating group) is 2. The Hall–Kier alpha value is -0.680. The van der Waals surface area contributed by atoms with Crippen LogP contribution < -0.4 is 0 Å². The second-order valence-corrected chi connectivity index (χ2v) is 8.13. The summed E-state index contributed by atoms with van der Waals surface area (Å²) in [4.78, 5) is 16.8. The number of nitrogens with zero attached hydrogens (tertiary/aromatic N) is 2. The van der Waals surface area contributed by atoms with Gasteiger partial charge in [-0.15, -0.1) is 0 Å². The van der Waals surface area contributed by atoms with Crippen LogP contribution in [0.4, 0.5) is 0 Å². The third kappa shape index (κ3) is 16.0. The summed E-state index contributed by atoms with van der Waals surface area (Å²) in [6.07, 6.45) is 15.1. The first-order valence-corrected chi connectivity index (χ1v) is 11.5. The first-order chi connectivity index (χ1) is 13.0. The van der Waals surface area contributed by atoms with Gasteiger partial charge in [0.05, 0.1) is 6.61 Å². The summed E-state index contributed by atoms with van der Waals surface area (Å²) in [6, 6.07) is 0. The second-order valence-electron chi connectivity index (χ2n) is 7.66. The number of amides is 1. The van der Waals surface area contributed by atoms with Crippen LogP contribution in [0.1, 0.15) is 90.9 Å². The molecule has 0 heterocycles. The van der Waals surface area contributed by atoms with E-state index in [1.165, 1.54) is 70.6 Å². The van der Waals surface area contributed by atoms with Gasteiger partial charge in [0.2, 0.25) is 5.91 Å². The Labute approximate surface area is 174 Å². The lowest BCUT2D eigenvalue weighted by molar-refractivity contribution is -0.134. The Bertz CT molecular complexity index is 343. The molecule has 160 valence electrons. The van der Waals surface area contributed by atoms with Gasteiger partial charge in [0.15, 0.2) is 0 Å². The maximum absolute atomic E-state index is 12.1. The summed E-state index contributed by atoms with van der Waals surface area (Å²) >= 11 is 5.41. The Morgan fingerprint density at radius 3 is 1.67 bits per heavy atom. The van der Waals surface area contributed by atoms with E-state index in [-0.39, 0.29) is 12.5 Å². The SMILES string of the molecule is CCCCCCCCN(C)C(=O)COCC(=S)N(C)CCCCCCCC. The van der Waals surface area contributed by atoms with Gasteiger partial charge in [0, 0.05) is 27.2 Å². The quantitative estimate of drug-likeness (QED) is 0.226. The van der Waals surface area contributed by atoms with Gasteiger partial charge in [-0.25, -0.2) is 0 Å². The van der Waals surface area contributed by atoms with Crippen LogP contribution in [0.2, 0.25) is 0 Å². The number of carbonyl (C=O) groups is 1. The minimum atomic E-state index is 0.0462. The molecule has 0 unspecified atom stereocenters. The third-order valence-corrected chi connectivity index (χ3v) is 5.43. The van der Waals surface area contributed by atoms with Gasteiger partial charge in [-0.2, -0.15) is 0 Å². The van der Waals surface area contributed by atoms with Crippen molar-refractivity contribution >= 4 is 23.1 Å². The summed E-state index contributed by atoms with van der Waals surface area (Å²) in [5.41, 5.74) is 0. The van der Waals surface area contributed by atoms with Gasteiger partial charge < -0.3 is 14.5 Å². The Morgan fingerprint density at radius 1 is 0.704 bits per heavy atom. The molecule has 0 rings (SSSR count). The molecule has 5 heteroatoms. The fraction of sp³-hybridized carbons (Fsp3) is 0.909. The summed E-state index contributed by atoms with van der Waals surface area (Å²) in [5, 5.41) is 0. The van der Waals surface area contributed by atoms with Crippen molar-refractivity contribution in [1.82, 2.24) is 9.80 Å². The lowest BCUT2D eigenvalue weighted by Gasteiger charge is -2.21. The van der Waals surface area contributed by atoms with Crippen molar-refractivity contribution in [3.8, 4) is 0 Å². The summed E-state index contributed by atoms with van der Waals surface area (Å²) in [7, 11) is 3.88. The highest BCUT2D eigenvalue weighted by molar-refractivity contribution is 7.80. The zero-order chi connectivity index (χ0) is 20.3. The van der Waals surface area contributed by atoms with E-state index in [4.69, 9.17) is 17.0 Å². The lowest BCUT2D eigenvalue weighted by Crippen LogP contribution is -2.34. The molecule has 1 amide bonds. The largest absolute Gasteiger partial charge is 0.367 e. The van der Waals surface area contributed by atoms with Crippen LogP contribution in [0.5, 0.6) is 0 Å². The van der Waals surface area contributed by atoms with Crippen molar-refractivity contribution < 1.29 is 9.53 Å². The Kier molecular flexibility index (Phi) is 18.2. The van der Waals surface area contributed by atoms with E-state index in [0.717, 1.165) is 24.5 Å². The number of hydrogen-bond acceptors (Lipinski definition) is 3. The maximum Gasteiger partial charge on any atom is 0.248 e. The lowest BCUT2D eigenvalue weighted by atomic mass is 10.1. The molecular weight excluding hydrogens is 356 g/mol. The van der Waals surface area contributed by atoms with Crippen molar-refractivity contribution in [2.75, 3.05) is 40.4 Å². The van der Waals surface area contributed by atoms with Gasteiger partial charge in [-0.3, -0.25) is 4.79 Å². The molecule has 0 atom stereocenters. The fourth-order valence-electron chi connectivity index (χ4n) is 2.95. The predicted molar refractivity (Wildman–Crippen MR) is 120 cm³/mol. The summed E-state index contributed by atoms with van der Waals surface area (Å²) < 4.78 is 5.54. The van der Waals surface area contributed by atoms with Crippen molar-refractivity contribution in [2.24, 2.45) is 0 Å². The molecule has 0 aromatic rings. The van der Waals surface area contributed by atoms with Gasteiger partial charge in [0.25, 0.3) is 0 Å². The average Bonchev–Trinajstić information content (AvgIpc) is 2.66. The van der Waals surface area contributed by atoms with Gasteiger partial charge in [-0.1, -0.05) is 90.3 Å². The van der Waals surface area contributed by atoms with E-state index in [9.17, 15) is 4.79 Å². The highest BCUT2D eigenvalue weighted by atomic mass is 32.1. The zero-order valence-corrected chi connectivity index (χ0v) is 19.2. The van der Waals surface area contributed by atoms with Crippen molar-refractivity contribution in [3.63, 3.8) is 0 Å². The number of carbonyl (C=O) groups excluding carboxylic acids is 1. The number of ether oxygens (including phenoxy) is 1.